The molecule has 1 atom stereocenters. The Morgan fingerprint density at radius 1 is 1.25 bits per heavy atom. The van der Waals surface area contributed by atoms with Crippen LogP contribution in [0.25, 0.3) is 0 Å². The van der Waals surface area contributed by atoms with Gasteiger partial charge in [0.2, 0.25) is 5.91 Å². The minimum atomic E-state index is -1.18. The average Bonchev–Trinajstić information content (AvgIpc) is 2.48. The third-order valence-electron chi connectivity index (χ3n) is 3.86. The van der Waals surface area contributed by atoms with Crippen LogP contribution < -0.4 is 5.32 Å². The minimum Gasteiger partial charge on any atom is -0.481 e. The van der Waals surface area contributed by atoms with Crippen LogP contribution in [0.2, 0.25) is 0 Å². The summed E-state index contributed by atoms with van der Waals surface area (Å²) >= 11 is 0. The highest BCUT2D eigenvalue weighted by atomic mass is 16.4. The van der Waals surface area contributed by atoms with Crippen molar-refractivity contribution in [2.24, 2.45) is 0 Å². The van der Waals surface area contributed by atoms with Crippen molar-refractivity contribution in [3.05, 3.63) is 35.9 Å². The number of carbonyl (C=O) groups excluding carboxylic acids is 1. The molecule has 5 nitrogen and oxygen atoms in total. The van der Waals surface area contributed by atoms with E-state index in [1.807, 2.05) is 6.07 Å². The van der Waals surface area contributed by atoms with E-state index in [9.17, 15) is 14.7 Å². The highest BCUT2D eigenvalue weighted by Gasteiger charge is 2.38. The van der Waals surface area contributed by atoms with Gasteiger partial charge in [-0.1, -0.05) is 30.3 Å². The van der Waals surface area contributed by atoms with Crippen LogP contribution in [-0.2, 0) is 15.0 Å². The molecule has 1 heterocycles. The van der Waals surface area contributed by atoms with E-state index in [2.05, 4.69) is 5.32 Å². The number of rotatable bonds is 4. The topological polar surface area (TPSA) is 69.6 Å². The second kappa shape index (κ2) is 6.05. The van der Waals surface area contributed by atoms with Crippen LogP contribution in [0, 0.1) is 0 Å². The lowest BCUT2D eigenvalue weighted by atomic mass is 9.79. The van der Waals surface area contributed by atoms with E-state index >= 15 is 0 Å². The maximum Gasteiger partial charge on any atom is 0.314 e. The van der Waals surface area contributed by atoms with Crippen molar-refractivity contribution in [1.82, 2.24) is 10.2 Å². The zero-order valence-corrected chi connectivity index (χ0v) is 11.6. The second-order valence-corrected chi connectivity index (χ2v) is 5.31. The molecule has 20 heavy (non-hydrogen) atoms. The van der Waals surface area contributed by atoms with E-state index in [1.54, 1.807) is 36.1 Å². The number of carbonyl (C=O) groups is 2. The van der Waals surface area contributed by atoms with E-state index < -0.39 is 11.4 Å². The number of benzene rings is 1. The van der Waals surface area contributed by atoms with Crippen molar-refractivity contribution in [3.8, 4) is 0 Å². The summed E-state index contributed by atoms with van der Waals surface area (Å²) in [5.41, 5.74) is -0.514. The molecule has 1 aliphatic heterocycles. The molecule has 1 unspecified atom stereocenters. The average molecular weight is 276 g/mol. The van der Waals surface area contributed by atoms with Crippen LogP contribution in [0.15, 0.2) is 30.3 Å². The highest BCUT2D eigenvalue weighted by Crippen LogP contribution is 2.28. The van der Waals surface area contributed by atoms with Gasteiger partial charge in [0, 0.05) is 32.6 Å². The first-order chi connectivity index (χ1) is 9.54. The molecule has 1 fully saturated rings. The molecule has 5 heteroatoms. The SMILES string of the molecule is CC(CC(=O)N1CCNCC1)(C(=O)O)c1ccccc1. The quantitative estimate of drug-likeness (QED) is 0.855. The Kier molecular flexibility index (Phi) is 4.39. The largest absolute Gasteiger partial charge is 0.481 e. The summed E-state index contributed by atoms with van der Waals surface area (Å²) in [6, 6.07) is 8.96. The number of amides is 1. The number of carboxylic acids is 1. The van der Waals surface area contributed by atoms with Crippen molar-refractivity contribution < 1.29 is 14.7 Å². The Bertz CT molecular complexity index is 483. The molecule has 0 spiro atoms. The summed E-state index contributed by atoms with van der Waals surface area (Å²) in [6.45, 7) is 4.43. The van der Waals surface area contributed by atoms with Gasteiger partial charge in [-0.05, 0) is 12.5 Å². The van der Waals surface area contributed by atoms with E-state index in [1.165, 1.54) is 0 Å². The Balaban J connectivity index is 2.17. The molecule has 2 rings (SSSR count). The Morgan fingerprint density at radius 2 is 1.85 bits per heavy atom. The molecular weight excluding hydrogens is 256 g/mol. The molecule has 1 amide bonds. The van der Waals surface area contributed by atoms with E-state index in [0.717, 1.165) is 13.1 Å². The van der Waals surface area contributed by atoms with Gasteiger partial charge in [-0.2, -0.15) is 0 Å². The van der Waals surface area contributed by atoms with Gasteiger partial charge in [0.25, 0.3) is 0 Å². The molecule has 2 N–H and O–H groups in total. The highest BCUT2D eigenvalue weighted by molar-refractivity contribution is 5.89. The fourth-order valence-corrected chi connectivity index (χ4v) is 2.44. The lowest BCUT2D eigenvalue weighted by Crippen LogP contribution is -2.49. The standard InChI is InChI=1S/C15H20N2O3/c1-15(14(19)20,12-5-3-2-4-6-12)11-13(18)17-9-7-16-8-10-17/h2-6,16H,7-11H2,1H3,(H,19,20). The summed E-state index contributed by atoms with van der Waals surface area (Å²) in [7, 11) is 0. The van der Waals surface area contributed by atoms with E-state index in [0.29, 0.717) is 18.7 Å². The maximum atomic E-state index is 12.3. The van der Waals surface area contributed by atoms with Gasteiger partial charge in [0.1, 0.15) is 0 Å². The molecule has 1 saturated heterocycles. The van der Waals surface area contributed by atoms with Gasteiger partial charge in [0.15, 0.2) is 0 Å². The van der Waals surface area contributed by atoms with Gasteiger partial charge >= 0.3 is 5.97 Å². The molecule has 0 bridgehead atoms. The zero-order chi connectivity index (χ0) is 14.6. The van der Waals surface area contributed by atoms with Crippen LogP contribution >= 0.6 is 0 Å². The first-order valence-corrected chi connectivity index (χ1v) is 6.81. The predicted molar refractivity (Wildman–Crippen MR) is 75.5 cm³/mol. The van der Waals surface area contributed by atoms with Crippen molar-refractivity contribution in [3.63, 3.8) is 0 Å². The van der Waals surface area contributed by atoms with Crippen molar-refractivity contribution >= 4 is 11.9 Å². The number of hydrogen-bond acceptors (Lipinski definition) is 3. The molecule has 1 aromatic carbocycles. The first-order valence-electron chi connectivity index (χ1n) is 6.81. The Morgan fingerprint density at radius 3 is 2.40 bits per heavy atom. The smallest absolute Gasteiger partial charge is 0.314 e. The van der Waals surface area contributed by atoms with Crippen LogP contribution in [-0.4, -0.2) is 48.1 Å². The number of nitrogens with zero attached hydrogens (tertiary/aromatic N) is 1. The van der Waals surface area contributed by atoms with Gasteiger partial charge in [-0.15, -0.1) is 0 Å². The monoisotopic (exact) mass is 276 g/mol. The van der Waals surface area contributed by atoms with Crippen molar-refractivity contribution in [2.45, 2.75) is 18.8 Å². The molecular formula is C15H20N2O3. The lowest BCUT2D eigenvalue weighted by molar-refractivity contribution is -0.147. The minimum absolute atomic E-state index is 0.00759. The fraction of sp³-hybridized carbons (Fsp3) is 0.467. The summed E-state index contributed by atoms with van der Waals surface area (Å²) < 4.78 is 0. The van der Waals surface area contributed by atoms with Gasteiger partial charge in [-0.3, -0.25) is 9.59 Å². The van der Waals surface area contributed by atoms with Crippen LogP contribution in [0.3, 0.4) is 0 Å². The van der Waals surface area contributed by atoms with Gasteiger partial charge < -0.3 is 15.3 Å². The summed E-state index contributed by atoms with van der Waals surface area (Å²) in [5.74, 6) is -1.06. The van der Waals surface area contributed by atoms with Crippen molar-refractivity contribution in [2.75, 3.05) is 26.2 Å². The number of hydrogen-bond donors (Lipinski definition) is 2. The molecule has 0 aliphatic carbocycles. The Hall–Kier alpha value is -1.88. The molecule has 0 radical (unpaired) electrons. The molecule has 1 aromatic rings. The zero-order valence-electron chi connectivity index (χ0n) is 11.6. The maximum absolute atomic E-state index is 12.3. The first kappa shape index (κ1) is 14.5. The fourth-order valence-electron chi connectivity index (χ4n) is 2.44. The molecule has 0 saturated carbocycles. The van der Waals surface area contributed by atoms with Crippen molar-refractivity contribution in [1.29, 1.82) is 0 Å². The third-order valence-corrected chi connectivity index (χ3v) is 3.86. The number of piperazine rings is 1. The lowest BCUT2D eigenvalue weighted by Gasteiger charge is -2.31. The number of aliphatic carboxylic acids is 1. The molecule has 1 aliphatic rings. The van der Waals surface area contributed by atoms with Gasteiger partial charge in [-0.25, -0.2) is 0 Å². The normalized spacial score (nSPS) is 18.4. The third kappa shape index (κ3) is 2.99. The summed E-state index contributed by atoms with van der Waals surface area (Å²) in [4.78, 5) is 25.7. The van der Waals surface area contributed by atoms with Crippen LogP contribution in [0.5, 0.6) is 0 Å². The van der Waals surface area contributed by atoms with Gasteiger partial charge in [0.05, 0.1) is 5.41 Å². The second-order valence-electron chi connectivity index (χ2n) is 5.31. The predicted octanol–water partition coefficient (Wildman–Crippen LogP) is 0.851. The Labute approximate surface area is 118 Å². The molecule has 0 aromatic heterocycles. The number of carboxylic acid groups (broad SMARTS) is 1. The summed E-state index contributed by atoms with van der Waals surface area (Å²) in [6.07, 6.45) is -0.00759. The van der Waals surface area contributed by atoms with Crippen LogP contribution in [0.4, 0.5) is 0 Å². The summed E-state index contributed by atoms with van der Waals surface area (Å²) in [5, 5.41) is 12.7. The number of nitrogens with one attached hydrogen (secondary N) is 1. The van der Waals surface area contributed by atoms with E-state index in [-0.39, 0.29) is 12.3 Å². The molecule has 108 valence electrons. The van der Waals surface area contributed by atoms with Crippen LogP contribution in [0.1, 0.15) is 18.9 Å². The van der Waals surface area contributed by atoms with E-state index in [4.69, 9.17) is 0 Å².